The number of ether oxygens (including phenoxy) is 3. The van der Waals surface area contributed by atoms with Crippen LogP contribution in [0, 0.1) is 0 Å². The minimum atomic E-state index is -4.62. The molecule has 8 nitrogen and oxygen atoms in total. The molecule has 11 heteroatoms. The summed E-state index contributed by atoms with van der Waals surface area (Å²) in [5, 5.41) is 2.32. The number of nitrogens with one attached hydrogen (secondary N) is 1. The molecule has 1 heterocycles. The number of hydrogen-bond donors (Lipinski definition) is 1. The second-order valence-electron chi connectivity index (χ2n) is 6.82. The number of esters is 1. The Hall–Kier alpha value is -3.76. The van der Waals surface area contributed by atoms with Crippen molar-refractivity contribution < 1.29 is 41.8 Å². The first-order chi connectivity index (χ1) is 15.0. The maximum absolute atomic E-state index is 13.0. The molecule has 2 amide bonds. The van der Waals surface area contributed by atoms with E-state index < -0.39 is 42.2 Å². The molecule has 0 bridgehead atoms. The normalized spacial score (nSPS) is 14.2. The molecule has 1 atom stereocenters. The first kappa shape index (κ1) is 22.9. The van der Waals surface area contributed by atoms with Gasteiger partial charge in [0.05, 0.1) is 36.7 Å². The van der Waals surface area contributed by atoms with Gasteiger partial charge in [0.1, 0.15) is 6.54 Å². The predicted molar refractivity (Wildman–Crippen MR) is 107 cm³/mol. The molecule has 0 aromatic heterocycles. The molecule has 0 saturated heterocycles. The third kappa shape index (κ3) is 4.61. The third-order valence-corrected chi connectivity index (χ3v) is 4.71. The standard InChI is InChI=1S/C21H19F3N2O6/c1-11(32-20(29)12-4-7-16(30-2)17(8-12)31-3)19(28)26-10-18(27)25-14-9-13(21(22,23)24)5-6-15(14)26/h4-9,11H,10H2,1-3H3,(H,25,27). The van der Waals surface area contributed by atoms with Crippen LogP contribution in [0.25, 0.3) is 0 Å². The van der Waals surface area contributed by atoms with Gasteiger partial charge < -0.3 is 19.5 Å². The van der Waals surface area contributed by atoms with Crippen LogP contribution in [0.1, 0.15) is 22.8 Å². The number of hydrogen-bond acceptors (Lipinski definition) is 6. The van der Waals surface area contributed by atoms with E-state index in [1.807, 2.05) is 0 Å². The van der Waals surface area contributed by atoms with E-state index in [0.29, 0.717) is 5.75 Å². The number of carbonyl (C=O) groups is 3. The van der Waals surface area contributed by atoms with Gasteiger partial charge in [-0.1, -0.05) is 0 Å². The Morgan fingerprint density at radius 3 is 2.38 bits per heavy atom. The van der Waals surface area contributed by atoms with E-state index in [2.05, 4.69) is 5.32 Å². The zero-order valence-electron chi connectivity index (χ0n) is 17.3. The lowest BCUT2D eigenvalue weighted by molar-refractivity contribution is -0.137. The van der Waals surface area contributed by atoms with Crippen LogP contribution in [0.2, 0.25) is 0 Å². The minimum Gasteiger partial charge on any atom is -0.493 e. The average molecular weight is 452 g/mol. The monoisotopic (exact) mass is 452 g/mol. The molecule has 1 unspecified atom stereocenters. The highest BCUT2D eigenvalue weighted by Crippen LogP contribution is 2.37. The molecule has 0 fully saturated rings. The van der Waals surface area contributed by atoms with Crippen molar-refractivity contribution in [3.63, 3.8) is 0 Å². The molecule has 0 saturated carbocycles. The molecule has 0 radical (unpaired) electrons. The number of carbonyl (C=O) groups excluding carboxylic acids is 3. The van der Waals surface area contributed by atoms with E-state index in [1.54, 1.807) is 0 Å². The fourth-order valence-electron chi connectivity index (χ4n) is 3.12. The van der Waals surface area contributed by atoms with Gasteiger partial charge in [0, 0.05) is 0 Å². The molecular formula is C21H19F3N2O6. The second-order valence-corrected chi connectivity index (χ2v) is 6.82. The number of benzene rings is 2. The highest BCUT2D eigenvalue weighted by molar-refractivity contribution is 6.11. The minimum absolute atomic E-state index is 0.0663. The van der Waals surface area contributed by atoms with E-state index >= 15 is 0 Å². The Labute approximate surface area is 180 Å². The Bertz CT molecular complexity index is 1070. The van der Waals surface area contributed by atoms with Crippen molar-refractivity contribution in [2.45, 2.75) is 19.2 Å². The summed E-state index contributed by atoms with van der Waals surface area (Å²) in [7, 11) is 2.82. The fraction of sp³-hybridized carbons (Fsp3) is 0.286. The van der Waals surface area contributed by atoms with E-state index in [4.69, 9.17) is 14.2 Å². The molecule has 3 rings (SSSR count). The lowest BCUT2D eigenvalue weighted by atomic mass is 10.1. The number of anilines is 2. The molecule has 1 aliphatic heterocycles. The Morgan fingerprint density at radius 2 is 1.75 bits per heavy atom. The van der Waals surface area contributed by atoms with Crippen molar-refractivity contribution in [1.82, 2.24) is 0 Å². The summed E-state index contributed by atoms with van der Waals surface area (Å²) in [5.41, 5.74) is -0.979. The molecular weight excluding hydrogens is 433 g/mol. The van der Waals surface area contributed by atoms with Crippen molar-refractivity contribution in [2.24, 2.45) is 0 Å². The van der Waals surface area contributed by atoms with Crippen LogP contribution in [0.5, 0.6) is 11.5 Å². The largest absolute Gasteiger partial charge is 0.493 e. The van der Waals surface area contributed by atoms with Crippen molar-refractivity contribution in [3.05, 3.63) is 47.5 Å². The molecule has 2 aromatic carbocycles. The molecule has 0 aliphatic carbocycles. The van der Waals surface area contributed by atoms with Gasteiger partial charge in [0.25, 0.3) is 5.91 Å². The summed E-state index contributed by atoms with van der Waals surface area (Å²) >= 11 is 0. The summed E-state index contributed by atoms with van der Waals surface area (Å²) in [4.78, 5) is 38.3. The number of methoxy groups -OCH3 is 2. The van der Waals surface area contributed by atoms with Crippen LogP contribution in [-0.2, 0) is 20.5 Å². The summed E-state index contributed by atoms with van der Waals surface area (Å²) in [6, 6.07) is 6.91. The van der Waals surface area contributed by atoms with Gasteiger partial charge in [-0.15, -0.1) is 0 Å². The zero-order chi connectivity index (χ0) is 23.6. The molecule has 2 aromatic rings. The smallest absolute Gasteiger partial charge is 0.416 e. The Balaban J connectivity index is 1.80. The van der Waals surface area contributed by atoms with E-state index in [-0.39, 0.29) is 22.7 Å². The predicted octanol–water partition coefficient (Wildman–Crippen LogP) is 3.25. The van der Waals surface area contributed by atoms with E-state index in [0.717, 1.165) is 23.1 Å². The zero-order valence-corrected chi connectivity index (χ0v) is 17.3. The van der Waals surface area contributed by atoms with Crippen LogP contribution in [-0.4, -0.2) is 44.7 Å². The SMILES string of the molecule is COc1ccc(C(=O)OC(C)C(=O)N2CC(=O)Nc3cc(C(F)(F)F)ccc32)cc1OC. The lowest BCUT2D eigenvalue weighted by Gasteiger charge is -2.31. The van der Waals surface area contributed by atoms with Crippen LogP contribution < -0.4 is 19.7 Å². The second kappa shape index (κ2) is 8.77. The number of alkyl halides is 3. The topological polar surface area (TPSA) is 94.2 Å². The van der Waals surface area contributed by atoms with Gasteiger partial charge in [0.15, 0.2) is 17.6 Å². The van der Waals surface area contributed by atoms with Gasteiger partial charge in [-0.05, 0) is 43.3 Å². The quantitative estimate of drug-likeness (QED) is 0.700. The number of nitrogens with zero attached hydrogens (tertiary/aromatic N) is 1. The maximum Gasteiger partial charge on any atom is 0.416 e. The van der Waals surface area contributed by atoms with Gasteiger partial charge in [-0.25, -0.2) is 4.79 Å². The summed E-state index contributed by atoms with van der Waals surface area (Å²) in [6.07, 6.45) is -5.94. The van der Waals surface area contributed by atoms with Crippen molar-refractivity contribution in [3.8, 4) is 11.5 Å². The molecule has 1 aliphatic rings. The molecule has 32 heavy (non-hydrogen) atoms. The summed E-state index contributed by atoms with van der Waals surface area (Å²) in [6.45, 7) is 0.868. The first-order valence-corrected chi connectivity index (χ1v) is 9.30. The van der Waals surface area contributed by atoms with Gasteiger partial charge in [-0.3, -0.25) is 14.5 Å². The molecule has 1 N–H and O–H groups in total. The molecule has 0 spiro atoms. The first-order valence-electron chi connectivity index (χ1n) is 9.30. The number of rotatable bonds is 5. The Morgan fingerprint density at radius 1 is 1.06 bits per heavy atom. The van der Waals surface area contributed by atoms with Crippen molar-refractivity contribution in [1.29, 1.82) is 0 Å². The molecule has 170 valence electrons. The van der Waals surface area contributed by atoms with Gasteiger partial charge in [-0.2, -0.15) is 13.2 Å². The van der Waals surface area contributed by atoms with Crippen molar-refractivity contribution in [2.75, 3.05) is 31.0 Å². The Kier molecular flexibility index (Phi) is 6.28. The average Bonchev–Trinajstić information content (AvgIpc) is 2.76. The van der Waals surface area contributed by atoms with E-state index in [1.165, 1.54) is 39.3 Å². The maximum atomic E-state index is 13.0. The fourth-order valence-corrected chi connectivity index (χ4v) is 3.12. The van der Waals surface area contributed by atoms with Crippen LogP contribution >= 0.6 is 0 Å². The van der Waals surface area contributed by atoms with E-state index in [9.17, 15) is 27.6 Å². The lowest BCUT2D eigenvalue weighted by Crippen LogP contribution is -2.47. The van der Waals surface area contributed by atoms with Crippen LogP contribution in [0.3, 0.4) is 0 Å². The number of fused-ring (bicyclic) bond motifs is 1. The summed E-state index contributed by atoms with van der Waals surface area (Å²) in [5.74, 6) is -1.61. The van der Waals surface area contributed by atoms with Gasteiger partial charge >= 0.3 is 12.1 Å². The summed E-state index contributed by atoms with van der Waals surface area (Å²) < 4.78 is 54.4. The third-order valence-electron chi connectivity index (χ3n) is 4.71. The number of halogens is 3. The van der Waals surface area contributed by atoms with Crippen LogP contribution in [0.15, 0.2) is 36.4 Å². The van der Waals surface area contributed by atoms with Crippen molar-refractivity contribution >= 4 is 29.2 Å². The highest BCUT2D eigenvalue weighted by atomic mass is 19.4. The van der Waals surface area contributed by atoms with Crippen LogP contribution in [0.4, 0.5) is 24.5 Å². The number of amides is 2. The highest BCUT2D eigenvalue weighted by Gasteiger charge is 2.35. The van der Waals surface area contributed by atoms with Gasteiger partial charge in [0.2, 0.25) is 5.91 Å².